The van der Waals surface area contributed by atoms with Gasteiger partial charge in [0, 0.05) is 0 Å². The molecular formula is C16H22O12. The molecule has 0 aliphatic carbocycles. The molecular weight excluding hydrogens is 384 g/mol. The van der Waals surface area contributed by atoms with Crippen LogP contribution in [0.1, 0.15) is 31.8 Å². The summed E-state index contributed by atoms with van der Waals surface area (Å²) in [5.41, 5.74) is -0.00196. The van der Waals surface area contributed by atoms with Crippen molar-refractivity contribution >= 4 is 11.9 Å². The summed E-state index contributed by atoms with van der Waals surface area (Å²) >= 11 is 0. The number of aliphatic hydroxyl groups is 2. The third-order valence-corrected chi connectivity index (χ3v) is 3.17. The molecule has 1 aromatic carbocycles. The molecule has 0 radical (unpaired) electrons. The number of ether oxygens (including phenoxy) is 6. The molecule has 28 heavy (non-hydrogen) atoms. The molecule has 0 fully saturated rings. The van der Waals surface area contributed by atoms with Crippen LogP contribution in [0.3, 0.4) is 0 Å². The van der Waals surface area contributed by atoms with Crippen molar-refractivity contribution < 1.29 is 58.4 Å². The molecule has 0 aliphatic rings. The predicted molar refractivity (Wildman–Crippen MR) is 87.9 cm³/mol. The number of aromatic carboxylic acids is 2. The van der Waals surface area contributed by atoms with Crippen molar-refractivity contribution in [2.45, 2.75) is 13.2 Å². The number of aliphatic hydroxyl groups excluding tert-OH is 2. The van der Waals surface area contributed by atoms with Gasteiger partial charge in [0.1, 0.15) is 27.2 Å². The van der Waals surface area contributed by atoms with Crippen LogP contribution >= 0.6 is 0 Å². The number of hydrogen-bond donors (Lipinski definition) is 4. The zero-order valence-corrected chi connectivity index (χ0v) is 14.9. The molecule has 1 aromatic rings. The van der Waals surface area contributed by atoms with Crippen LogP contribution in [0.4, 0.5) is 0 Å². The van der Waals surface area contributed by atoms with Crippen molar-refractivity contribution in [3.8, 4) is 0 Å². The molecule has 12 heteroatoms. The molecule has 0 saturated carbocycles. The van der Waals surface area contributed by atoms with Gasteiger partial charge in [0.2, 0.25) is 0 Å². The minimum Gasteiger partial charge on any atom is -0.478 e. The van der Waals surface area contributed by atoms with Gasteiger partial charge in [0.15, 0.2) is 13.6 Å². The lowest BCUT2D eigenvalue weighted by atomic mass is 9.98. The first-order valence-corrected chi connectivity index (χ1v) is 7.81. The van der Waals surface area contributed by atoms with Crippen LogP contribution in [0.25, 0.3) is 0 Å². The first-order valence-electron chi connectivity index (χ1n) is 7.81. The van der Waals surface area contributed by atoms with E-state index in [2.05, 4.69) is 9.47 Å². The lowest BCUT2D eigenvalue weighted by Crippen LogP contribution is -2.14. The molecule has 0 aromatic heterocycles. The standard InChI is InChI=1S/C16H22O12/c17-5-25-9-27-7-23-3-12-1-11(15(19)20)2-13(16(21)22)14(12)4-24-8-28-10-26-6-18/h1-2,17-18H,3-10H2,(H,19,20)(H,21,22). The minimum absolute atomic E-state index is 0.159. The van der Waals surface area contributed by atoms with Crippen LogP contribution in [0, 0.1) is 0 Å². The van der Waals surface area contributed by atoms with Gasteiger partial charge in [-0.3, -0.25) is 0 Å². The molecule has 0 amide bonds. The Kier molecular flexibility index (Phi) is 11.9. The largest absolute Gasteiger partial charge is 0.478 e. The fourth-order valence-electron chi connectivity index (χ4n) is 2.02. The number of carbonyl (C=O) groups is 2. The van der Waals surface area contributed by atoms with E-state index < -0.39 is 25.5 Å². The Morgan fingerprint density at radius 2 is 1.25 bits per heavy atom. The Bertz CT molecular complexity index is 618. The second kappa shape index (κ2) is 13.9. The second-order valence-corrected chi connectivity index (χ2v) is 5.01. The SMILES string of the molecule is O=C(O)c1cc(COCOCOCO)c(COCOCOCO)c(C(=O)O)c1. The maximum atomic E-state index is 11.5. The third-order valence-electron chi connectivity index (χ3n) is 3.17. The Morgan fingerprint density at radius 3 is 1.75 bits per heavy atom. The molecule has 0 spiro atoms. The molecule has 0 aliphatic heterocycles. The van der Waals surface area contributed by atoms with Gasteiger partial charge in [-0.25, -0.2) is 9.59 Å². The predicted octanol–water partition coefficient (Wildman–Crippen LogP) is -0.0878. The summed E-state index contributed by atoms with van der Waals surface area (Å²) in [4.78, 5) is 22.8. The molecule has 0 heterocycles. The van der Waals surface area contributed by atoms with Crippen molar-refractivity contribution in [3.63, 3.8) is 0 Å². The lowest BCUT2D eigenvalue weighted by Gasteiger charge is -2.15. The first kappa shape index (κ1) is 23.9. The molecule has 0 unspecified atom stereocenters. The van der Waals surface area contributed by atoms with Crippen molar-refractivity contribution in [2.75, 3.05) is 40.8 Å². The molecule has 0 atom stereocenters. The maximum Gasteiger partial charge on any atom is 0.336 e. The van der Waals surface area contributed by atoms with E-state index >= 15 is 0 Å². The van der Waals surface area contributed by atoms with Crippen LogP contribution in [0.2, 0.25) is 0 Å². The van der Waals surface area contributed by atoms with Crippen molar-refractivity contribution in [1.29, 1.82) is 0 Å². The van der Waals surface area contributed by atoms with Crippen molar-refractivity contribution in [2.24, 2.45) is 0 Å². The smallest absolute Gasteiger partial charge is 0.336 e. The summed E-state index contributed by atoms with van der Waals surface area (Å²) in [6.07, 6.45) is 0. The Hall–Kier alpha value is -2.16. The van der Waals surface area contributed by atoms with E-state index in [0.717, 1.165) is 6.07 Å². The van der Waals surface area contributed by atoms with E-state index in [4.69, 9.17) is 29.2 Å². The van der Waals surface area contributed by atoms with Gasteiger partial charge in [0.05, 0.1) is 24.3 Å². The van der Waals surface area contributed by atoms with Gasteiger partial charge in [-0.05, 0) is 23.3 Å². The van der Waals surface area contributed by atoms with E-state index in [1.807, 2.05) is 0 Å². The highest BCUT2D eigenvalue weighted by Gasteiger charge is 2.19. The Morgan fingerprint density at radius 1 is 0.714 bits per heavy atom. The Labute approximate surface area is 159 Å². The second-order valence-electron chi connectivity index (χ2n) is 5.01. The van der Waals surface area contributed by atoms with Crippen molar-refractivity contribution in [3.05, 3.63) is 34.4 Å². The summed E-state index contributed by atoms with van der Waals surface area (Å²) in [5, 5.41) is 35.5. The van der Waals surface area contributed by atoms with Gasteiger partial charge < -0.3 is 48.8 Å². The topological polar surface area (TPSA) is 170 Å². The first-order chi connectivity index (χ1) is 13.5. The number of rotatable bonds is 16. The van der Waals surface area contributed by atoms with Crippen LogP contribution in [-0.4, -0.2) is 73.1 Å². The fourth-order valence-corrected chi connectivity index (χ4v) is 2.02. The molecule has 4 N–H and O–H groups in total. The summed E-state index contributed by atoms with van der Waals surface area (Å²) in [5.74, 6) is -2.63. The Balaban J connectivity index is 2.84. The van der Waals surface area contributed by atoms with Crippen LogP contribution in [0.15, 0.2) is 12.1 Å². The van der Waals surface area contributed by atoms with E-state index in [1.54, 1.807) is 0 Å². The monoisotopic (exact) mass is 406 g/mol. The summed E-state index contributed by atoms with van der Waals surface area (Å²) < 4.78 is 29.4. The molecule has 0 bridgehead atoms. The number of hydrogen-bond acceptors (Lipinski definition) is 10. The zero-order chi connectivity index (χ0) is 20.8. The van der Waals surface area contributed by atoms with Gasteiger partial charge >= 0.3 is 11.9 Å². The quantitative estimate of drug-likeness (QED) is 0.213. The van der Waals surface area contributed by atoms with Crippen LogP contribution in [-0.2, 0) is 41.6 Å². The summed E-state index contributed by atoms with van der Waals surface area (Å²) in [7, 11) is 0. The van der Waals surface area contributed by atoms with Gasteiger partial charge in [-0.15, -0.1) is 0 Å². The third kappa shape index (κ3) is 8.69. The van der Waals surface area contributed by atoms with Crippen molar-refractivity contribution in [1.82, 2.24) is 0 Å². The molecule has 0 saturated heterocycles. The van der Waals surface area contributed by atoms with Crippen LogP contribution in [0.5, 0.6) is 0 Å². The summed E-state index contributed by atoms with van der Waals surface area (Å²) in [6, 6.07) is 2.29. The van der Waals surface area contributed by atoms with E-state index in [0.29, 0.717) is 0 Å². The number of carboxylic acids is 2. The molecule has 1 rings (SSSR count). The van der Waals surface area contributed by atoms with Gasteiger partial charge in [-0.2, -0.15) is 0 Å². The number of benzene rings is 1. The van der Waals surface area contributed by atoms with Gasteiger partial charge in [0.25, 0.3) is 0 Å². The molecule has 12 nitrogen and oxygen atoms in total. The van der Waals surface area contributed by atoms with E-state index in [9.17, 15) is 19.8 Å². The normalized spacial score (nSPS) is 10.9. The molecule has 158 valence electrons. The van der Waals surface area contributed by atoms with Gasteiger partial charge in [-0.1, -0.05) is 0 Å². The van der Waals surface area contributed by atoms with Crippen LogP contribution < -0.4 is 0 Å². The summed E-state index contributed by atoms with van der Waals surface area (Å²) in [6.45, 7) is -2.31. The fraction of sp³-hybridized carbons (Fsp3) is 0.500. The highest BCUT2D eigenvalue weighted by Crippen LogP contribution is 2.21. The average Bonchev–Trinajstić information content (AvgIpc) is 2.67. The average molecular weight is 406 g/mol. The highest BCUT2D eigenvalue weighted by molar-refractivity contribution is 5.95. The van der Waals surface area contributed by atoms with E-state index in [-0.39, 0.29) is 62.6 Å². The zero-order valence-electron chi connectivity index (χ0n) is 14.9. The van der Waals surface area contributed by atoms with E-state index in [1.165, 1.54) is 6.07 Å². The highest BCUT2D eigenvalue weighted by atomic mass is 16.8. The minimum atomic E-state index is -1.33. The lowest BCUT2D eigenvalue weighted by molar-refractivity contribution is -0.162. The number of carboxylic acid groups (broad SMARTS) is 2. The maximum absolute atomic E-state index is 11.5.